The van der Waals surface area contributed by atoms with Crippen molar-refractivity contribution >= 4 is 0 Å². The predicted octanol–water partition coefficient (Wildman–Crippen LogP) is 1.53. The zero-order chi connectivity index (χ0) is 12.1. The van der Waals surface area contributed by atoms with E-state index in [1.807, 2.05) is 0 Å². The molecule has 0 amide bonds. The van der Waals surface area contributed by atoms with Gasteiger partial charge < -0.3 is 10.6 Å². The highest BCUT2D eigenvalue weighted by Gasteiger charge is 2.26. The molecule has 1 atom stereocenters. The molecule has 3 nitrogen and oxygen atoms in total. The van der Waals surface area contributed by atoms with Crippen molar-refractivity contribution in [3.63, 3.8) is 0 Å². The van der Waals surface area contributed by atoms with Crippen LogP contribution in [0.1, 0.15) is 39.0 Å². The molecule has 3 heteroatoms. The third-order valence-electron chi connectivity index (χ3n) is 4.32. The summed E-state index contributed by atoms with van der Waals surface area (Å²) in [7, 11) is 0. The Morgan fingerprint density at radius 2 is 2.00 bits per heavy atom. The molecule has 17 heavy (non-hydrogen) atoms. The lowest BCUT2D eigenvalue weighted by atomic mass is 10.1. The van der Waals surface area contributed by atoms with Crippen LogP contribution in [0.3, 0.4) is 0 Å². The van der Waals surface area contributed by atoms with E-state index in [0.717, 1.165) is 18.5 Å². The van der Waals surface area contributed by atoms with Gasteiger partial charge >= 0.3 is 0 Å². The van der Waals surface area contributed by atoms with Crippen LogP contribution in [0.5, 0.6) is 0 Å². The second-order valence-corrected chi connectivity index (χ2v) is 5.77. The third-order valence-corrected chi connectivity index (χ3v) is 4.32. The van der Waals surface area contributed by atoms with Gasteiger partial charge in [-0.3, -0.25) is 4.90 Å². The van der Waals surface area contributed by atoms with E-state index in [-0.39, 0.29) is 0 Å². The van der Waals surface area contributed by atoms with Crippen molar-refractivity contribution in [2.45, 2.75) is 45.1 Å². The third kappa shape index (κ3) is 4.23. The van der Waals surface area contributed by atoms with E-state index >= 15 is 0 Å². The highest BCUT2D eigenvalue weighted by atomic mass is 15.2. The van der Waals surface area contributed by atoms with Gasteiger partial charge in [-0.25, -0.2) is 0 Å². The van der Waals surface area contributed by atoms with Gasteiger partial charge in [0.25, 0.3) is 0 Å². The van der Waals surface area contributed by atoms with Crippen LogP contribution in [-0.4, -0.2) is 55.1 Å². The van der Waals surface area contributed by atoms with Gasteiger partial charge in [-0.05, 0) is 57.7 Å². The Bertz CT molecular complexity index is 216. The van der Waals surface area contributed by atoms with Gasteiger partial charge in [0, 0.05) is 25.7 Å². The second-order valence-electron chi connectivity index (χ2n) is 5.77. The molecule has 0 radical (unpaired) electrons. The minimum Gasteiger partial charge on any atom is -0.330 e. The highest BCUT2D eigenvalue weighted by molar-refractivity contribution is 4.81. The van der Waals surface area contributed by atoms with Crippen molar-refractivity contribution in [2.75, 3.05) is 39.3 Å². The van der Waals surface area contributed by atoms with E-state index < -0.39 is 0 Å². The molecule has 0 bridgehead atoms. The van der Waals surface area contributed by atoms with E-state index in [4.69, 9.17) is 5.73 Å². The minimum absolute atomic E-state index is 0.723. The van der Waals surface area contributed by atoms with Crippen LogP contribution >= 0.6 is 0 Å². The van der Waals surface area contributed by atoms with Gasteiger partial charge in [0.1, 0.15) is 0 Å². The Morgan fingerprint density at radius 3 is 2.65 bits per heavy atom. The summed E-state index contributed by atoms with van der Waals surface area (Å²) in [4.78, 5) is 5.37. The fourth-order valence-electron chi connectivity index (χ4n) is 3.04. The summed E-state index contributed by atoms with van der Waals surface area (Å²) >= 11 is 0. The van der Waals surface area contributed by atoms with Crippen LogP contribution in [0.2, 0.25) is 0 Å². The first-order valence-electron chi connectivity index (χ1n) is 7.50. The largest absolute Gasteiger partial charge is 0.330 e. The molecule has 2 fully saturated rings. The van der Waals surface area contributed by atoms with Crippen molar-refractivity contribution < 1.29 is 0 Å². The maximum absolute atomic E-state index is 5.72. The van der Waals surface area contributed by atoms with Crippen LogP contribution in [-0.2, 0) is 0 Å². The van der Waals surface area contributed by atoms with Crippen LogP contribution < -0.4 is 5.73 Å². The van der Waals surface area contributed by atoms with Crippen LogP contribution in [0.25, 0.3) is 0 Å². The maximum atomic E-state index is 5.72. The molecular formula is C14H29N3. The molecule has 0 aromatic carbocycles. The van der Waals surface area contributed by atoms with Crippen LogP contribution in [0, 0.1) is 5.92 Å². The number of nitrogens with zero attached hydrogens (tertiary/aromatic N) is 2. The maximum Gasteiger partial charge on any atom is 0.0112 e. The first kappa shape index (κ1) is 13.3. The van der Waals surface area contributed by atoms with E-state index in [1.165, 1.54) is 64.8 Å². The molecule has 1 saturated heterocycles. The molecule has 1 aliphatic carbocycles. The first-order valence-corrected chi connectivity index (χ1v) is 7.50. The monoisotopic (exact) mass is 239 g/mol. The van der Waals surface area contributed by atoms with Crippen molar-refractivity contribution in [2.24, 2.45) is 11.7 Å². The minimum atomic E-state index is 0.723. The summed E-state index contributed by atoms with van der Waals surface area (Å²) in [6.45, 7) is 9.62. The molecule has 0 aromatic heterocycles. The number of nitrogens with two attached hydrogens (primary N) is 1. The standard InChI is InChI=1S/C14H29N3/c1-2-14(6-7-15)17-9-3-8-16(10-11-17)12-13-4-5-13/h13-14H,2-12,15H2,1H3. The average molecular weight is 239 g/mol. The Morgan fingerprint density at radius 1 is 1.18 bits per heavy atom. The first-order chi connectivity index (χ1) is 8.33. The highest BCUT2D eigenvalue weighted by Crippen LogP contribution is 2.30. The Labute approximate surface area is 106 Å². The summed E-state index contributed by atoms with van der Waals surface area (Å²) in [5, 5.41) is 0. The molecule has 0 aromatic rings. The Kier molecular flexibility index (Phi) is 5.26. The molecule has 2 rings (SSSR count). The number of rotatable bonds is 6. The van der Waals surface area contributed by atoms with E-state index in [1.54, 1.807) is 0 Å². The van der Waals surface area contributed by atoms with E-state index in [9.17, 15) is 0 Å². The van der Waals surface area contributed by atoms with Gasteiger partial charge in [0.2, 0.25) is 0 Å². The summed E-state index contributed by atoms with van der Waals surface area (Å²) in [5.74, 6) is 1.03. The van der Waals surface area contributed by atoms with E-state index in [2.05, 4.69) is 16.7 Å². The smallest absolute Gasteiger partial charge is 0.0112 e. The lowest BCUT2D eigenvalue weighted by Crippen LogP contribution is -2.39. The quantitative estimate of drug-likeness (QED) is 0.763. The molecule has 1 unspecified atom stereocenters. The number of hydrogen-bond acceptors (Lipinski definition) is 3. The van der Waals surface area contributed by atoms with Crippen molar-refractivity contribution in [3.05, 3.63) is 0 Å². The summed E-state index contributed by atoms with van der Waals surface area (Å²) in [6, 6.07) is 0.723. The zero-order valence-corrected chi connectivity index (χ0v) is 11.4. The SMILES string of the molecule is CCC(CCN)N1CCCN(CC2CC2)CC1. The Hall–Kier alpha value is -0.120. The molecule has 100 valence electrons. The summed E-state index contributed by atoms with van der Waals surface area (Å²) in [5.41, 5.74) is 5.72. The van der Waals surface area contributed by atoms with Crippen molar-refractivity contribution in [1.82, 2.24) is 9.80 Å². The normalized spacial score (nSPS) is 25.8. The Balaban J connectivity index is 1.76. The topological polar surface area (TPSA) is 32.5 Å². The van der Waals surface area contributed by atoms with Gasteiger partial charge in [-0.1, -0.05) is 6.92 Å². The second kappa shape index (κ2) is 6.72. The average Bonchev–Trinajstić information content (AvgIpc) is 3.15. The lowest BCUT2D eigenvalue weighted by molar-refractivity contribution is 0.184. The van der Waals surface area contributed by atoms with E-state index in [0.29, 0.717) is 0 Å². The zero-order valence-electron chi connectivity index (χ0n) is 11.4. The molecular weight excluding hydrogens is 210 g/mol. The molecule has 1 saturated carbocycles. The number of hydrogen-bond donors (Lipinski definition) is 1. The fraction of sp³-hybridized carbons (Fsp3) is 1.00. The van der Waals surface area contributed by atoms with Gasteiger partial charge in [0.15, 0.2) is 0 Å². The van der Waals surface area contributed by atoms with Gasteiger partial charge in [-0.15, -0.1) is 0 Å². The molecule has 1 heterocycles. The summed E-state index contributed by atoms with van der Waals surface area (Å²) < 4.78 is 0. The molecule has 1 aliphatic heterocycles. The predicted molar refractivity (Wildman–Crippen MR) is 73.1 cm³/mol. The van der Waals surface area contributed by atoms with Crippen molar-refractivity contribution in [1.29, 1.82) is 0 Å². The molecule has 2 N–H and O–H groups in total. The lowest BCUT2D eigenvalue weighted by Gasteiger charge is -2.29. The van der Waals surface area contributed by atoms with Gasteiger partial charge in [0.05, 0.1) is 0 Å². The van der Waals surface area contributed by atoms with Crippen LogP contribution in [0.15, 0.2) is 0 Å². The van der Waals surface area contributed by atoms with Crippen LogP contribution in [0.4, 0.5) is 0 Å². The summed E-state index contributed by atoms with van der Waals surface area (Å²) in [6.07, 6.45) is 6.71. The fourth-order valence-corrected chi connectivity index (χ4v) is 3.04. The molecule has 0 spiro atoms. The van der Waals surface area contributed by atoms with Gasteiger partial charge in [-0.2, -0.15) is 0 Å². The molecule has 2 aliphatic rings. The van der Waals surface area contributed by atoms with Crippen molar-refractivity contribution in [3.8, 4) is 0 Å².